The van der Waals surface area contributed by atoms with E-state index in [9.17, 15) is 0 Å². The van der Waals surface area contributed by atoms with Crippen LogP contribution in [0.3, 0.4) is 0 Å². The number of fused-ring (bicyclic) bond motifs is 1. The molecule has 154 valence electrons. The Morgan fingerprint density at radius 1 is 0.968 bits per heavy atom. The third-order valence-electron chi connectivity index (χ3n) is 5.19. The number of hydrogen-bond donors (Lipinski definition) is 2. The Balaban J connectivity index is 1.44. The van der Waals surface area contributed by atoms with Crippen LogP contribution in [-0.4, -0.2) is 20.6 Å². The summed E-state index contributed by atoms with van der Waals surface area (Å²) < 4.78 is 12.0. The van der Waals surface area contributed by atoms with Gasteiger partial charge < -0.3 is 14.9 Å². The van der Waals surface area contributed by atoms with Gasteiger partial charge in [-0.05, 0) is 47.0 Å². The summed E-state index contributed by atoms with van der Waals surface area (Å²) in [6, 6.07) is 22.3. The maximum Gasteiger partial charge on any atom is 0.179 e. The van der Waals surface area contributed by atoms with Crippen molar-refractivity contribution >= 4 is 11.0 Å². The van der Waals surface area contributed by atoms with Crippen molar-refractivity contribution in [2.24, 2.45) is 5.73 Å². The molecule has 7 heteroatoms. The molecule has 5 aromatic rings. The van der Waals surface area contributed by atoms with Gasteiger partial charge in [-0.2, -0.15) is 5.21 Å². The highest BCUT2D eigenvalue weighted by molar-refractivity contribution is 5.93. The Morgan fingerprint density at radius 2 is 1.90 bits per heavy atom. The predicted octanol–water partition coefficient (Wildman–Crippen LogP) is 4.24. The molecule has 0 unspecified atom stereocenters. The number of furan rings is 1. The van der Waals surface area contributed by atoms with Crippen molar-refractivity contribution in [1.29, 1.82) is 0 Å². The molecule has 5 rings (SSSR count). The van der Waals surface area contributed by atoms with Crippen LogP contribution in [0.25, 0.3) is 22.1 Å². The lowest BCUT2D eigenvalue weighted by Crippen LogP contribution is -2.01. The van der Waals surface area contributed by atoms with E-state index in [1.807, 2.05) is 42.5 Å². The third-order valence-corrected chi connectivity index (χ3v) is 5.19. The first-order valence-corrected chi connectivity index (χ1v) is 10.0. The summed E-state index contributed by atoms with van der Waals surface area (Å²) >= 11 is 0. The zero-order valence-electron chi connectivity index (χ0n) is 16.8. The topological polar surface area (TPSA) is 103 Å². The third kappa shape index (κ3) is 4.04. The molecular weight excluding hydrogens is 390 g/mol. The van der Waals surface area contributed by atoms with Crippen LogP contribution in [0.2, 0.25) is 0 Å². The van der Waals surface area contributed by atoms with Gasteiger partial charge in [-0.25, -0.2) is 0 Å². The van der Waals surface area contributed by atoms with Crippen LogP contribution in [0.4, 0.5) is 0 Å². The summed E-state index contributed by atoms with van der Waals surface area (Å²) in [5, 5.41) is 15.2. The lowest BCUT2D eigenvalue weighted by atomic mass is 9.99. The van der Waals surface area contributed by atoms with E-state index in [1.165, 1.54) is 0 Å². The average Bonchev–Trinajstić information content (AvgIpc) is 3.50. The second-order valence-electron chi connectivity index (χ2n) is 7.29. The van der Waals surface area contributed by atoms with Gasteiger partial charge in [0, 0.05) is 29.5 Å². The van der Waals surface area contributed by atoms with Crippen molar-refractivity contribution in [3.63, 3.8) is 0 Å². The molecule has 31 heavy (non-hydrogen) atoms. The normalized spacial score (nSPS) is 11.1. The molecule has 0 spiro atoms. The summed E-state index contributed by atoms with van der Waals surface area (Å²) in [6.07, 6.45) is 2.26. The van der Waals surface area contributed by atoms with Gasteiger partial charge in [0.15, 0.2) is 5.82 Å². The number of para-hydroxylation sites is 1. The molecule has 0 saturated heterocycles. The molecule has 0 aliphatic heterocycles. The summed E-state index contributed by atoms with van der Waals surface area (Å²) in [5.74, 6) is 1.42. The number of nitrogens with zero attached hydrogens (tertiary/aromatic N) is 3. The van der Waals surface area contributed by atoms with E-state index < -0.39 is 0 Å². The quantitative estimate of drug-likeness (QED) is 0.415. The highest BCUT2D eigenvalue weighted by Gasteiger charge is 2.12. The van der Waals surface area contributed by atoms with Crippen LogP contribution in [0.15, 0.2) is 77.4 Å². The first-order valence-electron chi connectivity index (χ1n) is 10.0. The molecule has 0 saturated carbocycles. The number of rotatable bonds is 7. The molecule has 0 bridgehead atoms. The highest BCUT2D eigenvalue weighted by Crippen LogP contribution is 2.32. The van der Waals surface area contributed by atoms with Crippen LogP contribution < -0.4 is 10.5 Å². The van der Waals surface area contributed by atoms with Crippen molar-refractivity contribution in [2.75, 3.05) is 0 Å². The minimum absolute atomic E-state index is 0.425. The fourth-order valence-corrected chi connectivity index (χ4v) is 3.69. The number of hydrogen-bond acceptors (Lipinski definition) is 6. The minimum Gasteiger partial charge on any atom is -0.489 e. The zero-order chi connectivity index (χ0) is 21.0. The predicted molar refractivity (Wildman–Crippen MR) is 117 cm³/mol. The number of ether oxygens (including phenoxy) is 1. The maximum atomic E-state index is 6.20. The van der Waals surface area contributed by atoms with Gasteiger partial charge in [-0.1, -0.05) is 41.6 Å². The lowest BCUT2D eigenvalue weighted by molar-refractivity contribution is 0.303. The molecule has 3 aromatic carbocycles. The number of aromatic amines is 1. The number of aromatic nitrogens is 4. The Morgan fingerprint density at radius 3 is 2.77 bits per heavy atom. The molecule has 2 aromatic heterocycles. The first-order chi connectivity index (χ1) is 15.3. The van der Waals surface area contributed by atoms with Gasteiger partial charge in [0.25, 0.3) is 0 Å². The average molecular weight is 411 g/mol. The monoisotopic (exact) mass is 411 g/mol. The van der Waals surface area contributed by atoms with Gasteiger partial charge in [0.05, 0.1) is 6.26 Å². The van der Waals surface area contributed by atoms with Gasteiger partial charge >= 0.3 is 0 Å². The summed E-state index contributed by atoms with van der Waals surface area (Å²) in [4.78, 5) is 0. The molecule has 2 heterocycles. The molecule has 0 radical (unpaired) electrons. The van der Waals surface area contributed by atoms with Crippen molar-refractivity contribution in [3.05, 3.63) is 95.5 Å². The van der Waals surface area contributed by atoms with E-state index in [0.29, 0.717) is 25.4 Å². The molecular formula is C24H21N5O2. The Bertz CT molecular complexity index is 1310. The van der Waals surface area contributed by atoms with Crippen LogP contribution in [0, 0.1) is 0 Å². The fourth-order valence-electron chi connectivity index (χ4n) is 3.69. The minimum atomic E-state index is 0.425. The number of benzene rings is 3. The van der Waals surface area contributed by atoms with Crippen molar-refractivity contribution < 1.29 is 9.15 Å². The smallest absolute Gasteiger partial charge is 0.179 e. The van der Waals surface area contributed by atoms with Crippen molar-refractivity contribution in [2.45, 2.75) is 19.6 Å². The fraction of sp³-hybridized carbons (Fsp3) is 0.125. The van der Waals surface area contributed by atoms with Gasteiger partial charge in [-0.15, -0.1) is 10.2 Å². The number of tetrazole rings is 1. The van der Waals surface area contributed by atoms with Crippen molar-refractivity contribution in [3.8, 4) is 16.9 Å². The second kappa shape index (κ2) is 8.41. The van der Waals surface area contributed by atoms with E-state index >= 15 is 0 Å². The Hall–Kier alpha value is -3.97. The van der Waals surface area contributed by atoms with Crippen LogP contribution >= 0.6 is 0 Å². The lowest BCUT2D eigenvalue weighted by Gasteiger charge is -2.12. The van der Waals surface area contributed by atoms with Crippen LogP contribution in [0.1, 0.15) is 22.5 Å². The van der Waals surface area contributed by atoms with Crippen molar-refractivity contribution in [1.82, 2.24) is 20.6 Å². The molecule has 7 nitrogen and oxygen atoms in total. The van der Waals surface area contributed by atoms with E-state index in [0.717, 1.165) is 44.5 Å². The SMILES string of the molecule is NCc1cccc(-c2cc(COc3ccccc3Cc3nn[nH]n3)cc3ccoc23)c1. The van der Waals surface area contributed by atoms with E-state index in [-0.39, 0.29) is 0 Å². The molecule has 0 atom stereocenters. The first kappa shape index (κ1) is 19.0. The number of H-pyrrole nitrogens is 1. The summed E-state index contributed by atoms with van der Waals surface area (Å²) in [5.41, 5.74) is 11.9. The molecule has 0 amide bonds. The number of nitrogens with one attached hydrogen (secondary N) is 1. The van der Waals surface area contributed by atoms with Gasteiger partial charge in [0.2, 0.25) is 0 Å². The summed E-state index contributed by atoms with van der Waals surface area (Å²) in [6.45, 7) is 0.920. The standard InChI is InChI=1S/C24H21N5O2/c25-14-16-4-3-6-18(10-16)21-12-17(11-20-8-9-30-24(20)21)15-31-22-7-2-1-5-19(22)13-23-26-28-29-27-23/h1-12H,13-15,25H2,(H,26,27,28,29). The maximum absolute atomic E-state index is 6.20. The van der Waals surface area contributed by atoms with E-state index in [1.54, 1.807) is 6.26 Å². The molecule has 0 aliphatic carbocycles. The highest BCUT2D eigenvalue weighted by atomic mass is 16.5. The Labute approximate surface area is 178 Å². The van der Waals surface area contributed by atoms with Gasteiger partial charge in [0.1, 0.15) is 17.9 Å². The molecule has 3 N–H and O–H groups in total. The molecule has 0 fully saturated rings. The second-order valence-corrected chi connectivity index (χ2v) is 7.29. The number of nitrogens with two attached hydrogens (primary N) is 1. The van der Waals surface area contributed by atoms with Crippen LogP contribution in [0.5, 0.6) is 5.75 Å². The van der Waals surface area contributed by atoms with E-state index in [2.05, 4.69) is 44.9 Å². The zero-order valence-corrected chi connectivity index (χ0v) is 16.8. The largest absolute Gasteiger partial charge is 0.489 e. The van der Waals surface area contributed by atoms with Gasteiger partial charge in [-0.3, -0.25) is 0 Å². The van der Waals surface area contributed by atoms with E-state index in [4.69, 9.17) is 14.9 Å². The Kier molecular flexibility index (Phi) is 5.16. The van der Waals surface area contributed by atoms with Crippen LogP contribution in [-0.2, 0) is 19.6 Å². The summed E-state index contributed by atoms with van der Waals surface area (Å²) in [7, 11) is 0. The molecule has 0 aliphatic rings.